The molecule has 0 radical (unpaired) electrons. The molecule has 1 heterocycles. The van der Waals surface area contributed by atoms with Gasteiger partial charge in [0.1, 0.15) is 0 Å². The third-order valence-corrected chi connectivity index (χ3v) is 3.92. The quantitative estimate of drug-likeness (QED) is 0.743. The van der Waals surface area contributed by atoms with Crippen LogP contribution in [0.2, 0.25) is 0 Å². The summed E-state index contributed by atoms with van der Waals surface area (Å²) in [6.45, 7) is 3.21. The first-order valence-corrected chi connectivity index (χ1v) is 6.25. The molecule has 2 rings (SSSR count). The van der Waals surface area contributed by atoms with Crippen LogP contribution in [0.25, 0.3) is 0 Å². The fourth-order valence-electron chi connectivity index (χ4n) is 2.83. The maximum Gasteiger partial charge on any atom is 0.225 e. The third kappa shape index (κ3) is 2.55. The molecule has 1 amide bonds. The highest BCUT2D eigenvalue weighted by molar-refractivity contribution is 5.79. The van der Waals surface area contributed by atoms with Gasteiger partial charge in [-0.05, 0) is 38.8 Å². The number of nitrogens with zero attached hydrogens (tertiary/aromatic N) is 2. The van der Waals surface area contributed by atoms with Gasteiger partial charge in [0.25, 0.3) is 0 Å². The largest absolute Gasteiger partial charge is 0.345 e. The molecular formula is C12H23N3O. The summed E-state index contributed by atoms with van der Waals surface area (Å²) >= 11 is 0. The van der Waals surface area contributed by atoms with Crippen molar-refractivity contribution >= 4 is 5.91 Å². The van der Waals surface area contributed by atoms with Gasteiger partial charge < -0.3 is 15.5 Å². The van der Waals surface area contributed by atoms with Gasteiger partial charge in [-0.25, -0.2) is 0 Å². The van der Waals surface area contributed by atoms with E-state index < -0.39 is 0 Å². The molecule has 1 saturated carbocycles. The van der Waals surface area contributed by atoms with Crippen LogP contribution in [0.5, 0.6) is 0 Å². The normalized spacial score (nSPS) is 34.8. The number of hydrogen-bond donors (Lipinski definition) is 1. The van der Waals surface area contributed by atoms with Crippen molar-refractivity contribution < 1.29 is 4.79 Å². The summed E-state index contributed by atoms with van der Waals surface area (Å²) < 4.78 is 0. The molecule has 1 unspecified atom stereocenters. The molecule has 1 aliphatic carbocycles. The molecule has 0 aromatic carbocycles. The van der Waals surface area contributed by atoms with Gasteiger partial charge in [0.15, 0.2) is 0 Å². The number of amides is 1. The number of hydrogen-bond acceptors (Lipinski definition) is 3. The zero-order valence-electron chi connectivity index (χ0n) is 10.4. The summed E-state index contributed by atoms with van der Waals surface area (Å²) in [5.41, 5.74) is 5.71. The maximum absolute atomic E-state index is 12.0. The maximum atomic E-state index is 12.0. The Balaban J connectivity index is 1.75. The van der Waals surface area contributed by atoms with Crippen LogP contribution in [0.3, 0.4) is 0 Å². The highest BCUT2D eigenvalue weighted by Gasteiger charge is 2.34. The van der Waals surface area contributed by atoms with Crippen LogP contribution in [0.15, 0.2) is 0 Å². The van der Waals surface area contributed by atoms with E-state index in [0.29, 0.717) is 11.8 Å². The molecule has 0 aromatic heterocycles. The Morgan fingerprint density at radius 3 is 2.69 bits per heavy atom. The fourth-order valence-corrected chi connectivity index (χ4v) is 2.83. The molecule has 2 aliphatic rings. The first-order valence-electron chi connectivity index (χ1n) is 6.25. The Morgan fingerprint density at radius 2 is 2.19 bits per heavy atom. The zero-order chi connectivity index (χ0) is 11.7. The highest BCUT2D eigenvalue weighted by Crippen LogP contribution is 2.27. The topological polar surface area (TPSA) is 49.6 Å². The van der Waals surface area contributed by atoms with Crippen molar-refractivity contribution in [3.05, 3.63) is 0 Å². The van der Waals surface area contributed by atoms with Crippen LogP contribution in [0, 0.1) is 11.8 Å². The third-order valence-electron chi connectivity index (χ3n) is 3.92. The van der Waals surface area contributed by atoms with Gasteiger partial charge in [-0.2, -0.15) is 0 Å². The Labute approximate surface area is 97.8 Å². The molecule has 1 aliphatic heterocycles. The van der Waals surface area contributed by atoms with Crippen molar-refractivity contribution in [3.8, 4) is 0 Å². The van der Waals surface area contributed by atoms with E-state index in [0.717, 1.165) is 25.9 Å². The molecule has 0 aromatic rings. The van der Waals surface area contributed by atoms with Gasteiger partial charge >= 0.3 is 0 Å². The van der Waals surface area contributed by atoms with Crippen molar-refractivity contribution in [2.24, 2.45) is 17.6 Å². The molecule has 1 saturated heterocycles. The summed E-state index contributed by atoms with van der Waals surface area (Å²) in [5, 5.41) is 0. The van der Waals surface area contributed by atoms with Gasteiger partial charge in [-0.1, -0.05) is 0 Å². The Bertz CT molecular complexity index is 263. The average molecular weight is 225 g/mol. The first kappa shape index (κ1) is 11.9. The van der Waals surface area contributed by atoms with E-state index in [1.807, 2.05) is 11.9 Å². The smallest absolute Gasteiger partial charge is 0.225 e. The van der Waals surface area contributed by atoms with Crippen molar-refractivity contribution in [3.63, 3.8) is 0 Å². The Morgan fingerprint density at radius 1 is 1.50 bits per heavy atom. The molecule has 2 fully saturated rings. The van der Waals surface area contributed by atoms with E-state index in [4.69, 9.17) is 5.73 Å². The number of rotatable bonds is 3. The number of carbonyl (C=O) groups excluding carboxylic acids is 1. The molecule has 0 bridgehead atoms. The van der Waals surface area contributed by atoms with E-state index in [2.05, 4.69) is 11.9 Å². The van der Waals surface area contributed by atoms with Crippen molar-refractivity contribution in [1.82, 2.24) is 9.80 Å². The molecule has 16 heavy (non-hydrogen) atoms. The number of likely N-dealkylation sites (tertiary alicyclic amines) is 1. The fraction of sp³-hybridized carbons (Fsp3) is 0.917. The molecule has 1 atom stereocenters. The van der Waals surface area contributed by atoms with Crippen molar-refractivity contribution in [2.45, 2.75) is 25.3 Å². The predicted octanol–water partition coefficient (Wildman–Crippen LogP) is 0.134. The Hall–Kier alpha value is -0.610. The van der Waals surface area contributed by atoms with Crippen LogP contribution in [-0.4, -0.2) is 55.5 Å². The lowest BCUT2D eigenvalue weighted by Crippen LogP contribution is -2.46. The van der Waals surface area contributed by atoms with Gasteiger partial charge in [0.05, 0.1) is 0 Å². The monoisotopic (exact) mass is 225 g/mol. The minimum absolute atomic E-state index is 0.208. The van der Waals surface area contributed by atoms with Gasteiger partial charge in [0, 0.05) is 32.1 Å². The van der Waals surface area contributed by atoms with Crippen LogP contribution < -0.4 is 5.73 Å². The average Bonchev–Trinajstić information content (AvgIpc) is 2.58. The summed E-state index contributed by atoms with van der Waals surface area (Å²) in [6, 6.07) is 0.264. The van der Waals surface area contributed by atoms with E-state index in [-0.39, 0.29) is 12.0 Å². The summed E-state index contributed by atoms with van der Waals surface area (Å²) in [4.78, 5) is 16.2. The minimum Gasteiger partial charge on any atom is -0.345 e. The van der Waals surface area contributed by atoms with E-state index in [9.17, 15) is 4.79 Å². The highest BCUT2D eigenvalue weighted by atomic mass is 16.2. The Kier molecular flexibility index (Phi) is 3.50. The molecule has 4 nitrogen and oxygen atoms in total. The van der Waals surface area contributed by atoms with Gasteiger partial charge in [-0.3, -0.25) is 4.79 Å². The predicted molar refractivity (Wildman–Crippen MR) is 63.9 cm³/mol. The lowest BCUT2D eigenvalue weighted by atomic mass is 9.80. The molecule has 4 heteroatoms. The zero-order valence-corrected chi connectivity index (χ0v) is 10.4. The number of carbonyl (C=O) groups is 1. The van der Waals surface area contributed by atoms with E-state index in [1.165, 1.54) is 13.0 Å². The van der Waals surface area contributed by atoms with Crippen LogP contribution in [0.1, 0.15) is 19.3 Å². The summed E-state index contributed by atoms with van der Waals surface area (Å²) in [7, 11) is 4.08. The number of nitrogens with two attached hydrogens (primary N) is 1. The molecule has 0 spiro atoms. The second kappa shape index (κ2) is 4.72. The van der Waals surface area contributed by atoms with Crippen LogP contribution in [0.4, 0.5) is 0 Å². The lowest BCUT2D eigenvalue weighted by Gasteiger charge is -2.34. The lowest BCUT2D eigenvalue weighted by molar-refractivity contribution is -0.137. The van der Waals surface area contributed by atoms with E-state index in [1.54, 1.807) is 0 Å². The van der Waals surface area contributed by atoms with E-state index >= 15 is 0 Å². The van der Waals surface area contributed by atoms with Gasteiger partial charge in [0.2, 0.25) is 5.91 Å². The molecule has 92 valence electrons. The molecule has 2 N–H and O–H groups in total. The minimum atomic E-state index is 0.208. The van der Waals surface area contributed by atoms with Gasteiger partial charge in [-0.15, -0.1) is 0 Å². The van der Waals surface area contributed by atoms with Crippen LogP contribution >= 0.6 is 0 Å². The second-order valence-corrected chi connectivity index (χ2v) is 5.56. The van der Waals surface area contributed by atoms with Crippen LogP contribution in [-0.2, 0) is 4.79 Å². The van der Waals surface area contributed by atoms with Crippen molar-refractivity contribution in [2.75, 3.05) is 33.7 Å². The standard InChI is InChI=1S/C12H23N3O/c1-14-4-3-9(7-14)8-15(2)12(16)10-5-11(13)6-10/h9-11H,3-8,13H2,1-2H3. The molecular weight excluding hydrogens is 202 g/mol. The summed E-state index contributed by atoms with van der Waals surface area (Å²) in [6.07, 6.45) is 2.99. The second-order valence-electron chi connectivity index (χ2n) is 5.56. The SMILES string of the molecule is CN1CCC(CN(C)C(=O)C2CC(N)C2)C1. The van der Waals surface area contributed by atoms with Crippen molar-refractivity contribution in [1.29, 1.82) is 0 Å². The summed E-state index contributed by atoms with van der Waals surface area (Å²) in [5.74, 6) is 1.17. The first-order chi connectivity index (χ1) is 7.56.